The Morgan fingerprint density at radius 3 is 2.46 bits per heavy atom. The van der Waals surface area contributed by atoms with Crippen LogP contribution in [0, 0.1) is 6.92 Å². The Morgan fingerprint density at radius 2 is 1.92 bits per heavy atom. The summed E-state index contributed by atoms with van der Waals surface area (Å²) in [5, 5.41) is 4.62. The Bertz CT molecular complexity index is 405. The van der Waals surface area contributed by atoms with Crippen LogP contribution in [0.4, 0.5) is 0 Å². The van der Waals surface area contributed by atoms with Gasteiger partial charge in [-0.25, -0.2) is 0 Å². The Balaban J connectivity index is 2.41. The third-order valence-electron chi connectivity index (χ3n) is 1.77. The molecular formula is C10H8ClNO. The number of aromatic nitrogens is 1. The molecule has 1 aromatic carbocycles. The third-order valence-corrected chi connectivity index (χ3v) is 2.02. The Morgan fingerprint density at radius 1 is 1.23 bits per heavy atom. The van der Waals surface area contributed by atoms with Crippen molar-refractivity contribution in [2.24, 2.45) is 0 Å². The van der Waals surface area contributed by atoms with Crippen molar-refractivity contribution in [3.8, 4) is 11.3 Å². The Hall–Kier alpha value is -1.28. The first-order valence-electron chi connectivity index (χ1n) is 3.95. The topological polar surface area (TPSA) is 26.0 Å². The minimum atomic E-state index is 0.726. The quantitative estimate of drug-likeness (QED) is 0.695. The van der Waals surface area contributed by atoms with Gasteiger partial charge in [0, 0.05) is 16.7 Å². The standard InChI is InChI=1S/C10H8ClNO/c1-7-6-10(12-13-7)8-2-4-9(11)5-3-8/h2-6H,1H3. The molecular weight excluding hydrogens is 186 g/mol. The van der Waals surface area contributed by atoms with E-state index < -0.39 is 0 Å². The molecule has 13 heavy (non-hydrogen) atoms. The minimum Gasteiger partial charge on any atom is -0.361 e. The summed E-state index contributed by atoms with van der Waals surface area (Å²) in [7, 11) is 0. The lowest BCUT2D eigenvalue weighted by atomic mass is 10.1. The van der Waals surface area contributed by atoms with Crippen molar-refractivity contribution in [3.05, 3.63) is 41.1 Å². The molecule has 0 aliphatic heterocycles. The van der Waals surface area contributed by atoms with Gasteiger partial charge in [-0.2, -0.15) is 0 Å². The van der Waals surface area contributed by atoms with Crippen molar-refractivity contribution in [2.75, 3.05) is 0 Å². The van der Waals surface area contributed by atoms with Crippen molar-refractivity contribution in [1.29, 1.82) is 0 Å². The highest BCUT2D eigenvalue weighted by atomic mass is 35.5. The fourth-order valence-corrected chi connectivity index (χ4v) is 1.25. The summed E-state index contributed by atoms with van der Waals surface area (Å²) in [5.74, 6) is 0.810. The summed E-state index contributed by atoms with van der Waals surface area (Å²) in [5.41, 5.74) is 1.86. The summed E-state index contributed by atoms with van der Waals surface area (Å²) < 4.78 is 4.97. The number of benzene rings is 1. The van der Waals surface area contributed by atoms with Gasteiger partial charge in [0.15, 0.2) is 0 Å². The molecule has 2 nitrogen and oxygen atoms in total. The highest BCUT2D eigenvalue weighted by Gasteiger charge is 2.02. The molecule has 1 heterocycles. The lowest BCUT2D eigenvalue weighted by Crippen LogP contribution is -1.74. The Labute approximate surface area is 81.1 Å². The van der Waals surface area contributed by atoms with Gasteiger partial charge in [-0.1, -0.05) is 28.9 Å². The number of rotatable bonds is 1. The van der Waals surface area contributed by atoms with Gasteiger partial charge in [0.25, 0.3) is 0 Å². The Kier molecular flexibility index (Phi) is 2.07. The second-order valence-corrected chi connectivity index (χ2v) is 3.27. The molecule has 0 N–H and O–H groups in total. The van der Waals surface area contributed by atoms with Gasteiger partial charge >= 0.3 is 0 Å². The van der Waals surface area contributed by atoms with Gasteiger partial charge in [0.1, 0.15) is 11.5 Å². The molecule has 0 unspecified atom stereocenters. The number of hydrogen-bond acceptors (Lipinski definition) is 2. The average molecular weight is 194 g/mol. The highest BCUT2D eigenvalue weighted by molar-refractivity contribution is 6.30. The van der Waals surface area contributed by atoms with E-state index in [1.807, 2.05) is 37.3 Å². The van der Waals surface area contributed by atoms with Gasteiger partial charge in [0.2, 0.25) is 0 Å². The summed E-state index contributed by atoms with van der Waals surface area (Å²) in [6.07, 6.45) is 0. The van der Waals surface area contributed by atoms with E-state index >= 15 is 0 Å². The van der Waals surface area contributed by atoms with Crippen molar-refractivity contribution >= 4 is 11.6 Å². The first-order valence-corrected chi connectivity index (χ1v) is 4.33. The zero-order valence-corrected chi connectivity index (χ0v) is 7.88. The lowest BCUT2D eigenvalue weighted by molar-refractivity contribution is 0.399. The molecule has 0 saturated carbocycles. The van der Waals surface area contributed by atoms with Crippen LogP contribution in [0.3, 0.4) is 0 Å². The van der Waals surface area contributed by atoms with E-state index in [1.165, 1.54) is 0 Å². The summed E-state index contributed by atoms with van der Waals surface area (Å²) >= 11 is 5.76. The molecule has 3 heteroatoms. The van der Waals surface area contributed by atoms with Crippen LogP contribution < -0.4 is 0 Å². The van der Waals surface area contributed by atoms with Crippen molar-refractivity contribution in [1.82, 2.24) is 5.16 Å². The molecule has 0 saturated heterocycles. The predicted molar refractivity (Wildman–Crippen MR) is 51.7 cm³/mol. The molecule has 0 aliphatic carbocycles. The van der Waals surface area contributed by atoms with E-state index in [-0.39, 0.29) is 0 Å². The van der Waals surface area contributed by atoms with Crippen LogP contribution in [0.5, 0.6) is 0 Å². The van der Waals surface area contributed by atoms with Crippen molar-refractivity contribution < 1.29 is 4.52 Å². The maximum absolute atomic E-state index is 5.76. The molecule has 0 amide bonds. The molecule has 0 bridgehead atoms. The van der Waals surface area contributed by atoms with Crippen LogP contribution >= 0.6 is 11.6 Å². The molecule has 0 atom stereocenters. The van der Waals surface area contributed by atoms with E-state index in [4.69, 9.17) is 16.1 Å². The first kappa shape index (κ1) is 8.32. The molecule has 0 spiro atoms. The average Bonchev–Trinajstić information content (AvgIpc) is 2.53. The number of hydrogen-bond donors (Lipinski definition) is 0. The largest absolute Gasteiger partial charge is 0.361 e. The zero-order chi connectivity index (χ0) is 9.26. The highest BCUT2D eigenvalue weighted by Crippen LogP contribution is 2.20. The SMILES string of the molecule is Cc1cc(-c2ccc(Cl)cc2)no1. The second kappa shape index (κ2) is 3.23. The molecule has 2 rings (SSSR count). The van der Waals surface area contributed by atoms with Gasteiger partial charge in [-0.15, -0.1) is 0 Å². The molecule has 1 aromatic heterocycles. The number of aryl methyl sites for hydroxylation is 1. The van der Waals surface area contributed by atoms with Crippen molar-refractivity contribution in [3.63, 3.8) is 0 Å². The fraction of sp³-hybridized carbons (Fsp3) is 0.100. The monoisotopic (exact) mass is 193 g/mol. The lowest BCUT2D eigenvalue weighted by Gasteiger charge is -1.93. The molecule has 0 radical (unpaired) electrons. The van der Waals surface area contributed by atoms with E-state index in [0.29, 0.717) is 0 Å². The predicted octanol–water partition coefficient (Wildman–Crippen LogP) is 3.30. The first-order chi connectivity index (χ1) is 6.25. The maximum Gasteiger partial charge on any atom is 0.134 e. The maximum atomic E-state index is 5.76. The van der Waals surface area contributed by atoms with Gasteiger partial charge in [0.05, 0.1) is 0 Å². The van der Waals surface area contributed by atoms with Gasteiger partial charge in [-0.3, -0.25) is 0 Å². The molecule has 0 aliphatic rings. The van der Waals surface area contributed by atoms with Crippen LogP contribution in [-0.4, -0.2) is 5.16 Å². The molecule has 66 valence electrons. The van der Waals surface area contributed by atoms with E-state index in [0.717, 1.165) is 22.0 Å². The van der Waals surface area contributed by atoms with Crippen molar-refractivity contribution in [2.45, 2.75) is 6.92 Å². The summed E-state index contributed by atoms with van der Waals surface area (Å²) in [4.78, 5) is 0. The smallest absolute Gasteiger partial charge is 0.134 e. The van der Waals surface area contributed by atoms with E-state index in [9.17, 15) is 0 Å². The molecule has 0 fully saturated rings. The minimum absolute atomic E-state index is 0.726. The van der Waals surface area contributed by atoms with Gasteiger partial charge in [-0.05, 0) is 19.1 Å². The zero-order valence-electron chi connectivity index (χ0n) is 7.12. The van der Waals surface area contributed by atoms with E-state index in [2.05, 4.69) is 5.16 Å². The van der Waals surface area contributed by atoms with Crippen LogP contribution in [-0.2, 0) is 0 Å². The second-order valence-electron chi connectivity index (χ2n) is 2.83. The molecule has 2 aromatic rings. The third kappa shape index (κ3) is 1.73. The summed E-state index contributed by atoms with van der Waals surface area (Å²) in [6, 6.07) is 9.39. The van der Waals surface area contributed by atoms with E-state index in [1.54, 1.807) is 0 Å². The van der Waals surface area contributed by atoms with Crippen LogP contribution in [0.25, 0.3) is 11.3 Å². The van der Waals surface area contributed by atoms with Crippen LogP contribution in [0.15, 0.2) is 34.9 Å². The number of nitrogens with zero attached hydrogens (tertiary/aromatic N) is 1. The fourth-order valence-electron chi connectivity index (χ4n) is 1.12. The summed E-state index contributed by atoms with van der Waals surface area (Å²) in [6.45, 7) is 1.87. The van der Waals surface area contributed by atoms with Crippen LogP contribution in [0.1, 0.15) is 5.76 Å². The normalized spacial score (nSPS) is 10.3. The van der Waals surface area contributed by atoms with Crippen LogP contribution in [0.2, 0.25) is 5.02 Å². The number of halogens is 1. The van der Waals surface area contributed by atoms with Gasteiger partial charge < -0.3 is 4.52 Å².